The summed E-state index contributed by atoms with van der Waals surface area (Å²) in [7, 11) is -1.81. The molecule has 0 saturated carbocycles. The minimum atomic E-state index is -3.32. The number of aliphatic hydroxyl groups excluding tert-OH is 1. The summed E-state index contributed by atoms with van der Waals surface area (Å²) < 4.78 is 29.4. The Morgan fingerprint density at radius 3 is 2.77 bits per heavy atom. The zero-order chi connectivity index (χ0) is 18.9. The van der Waals surface area contributed by atoms with Crippen LogP contribution < -0.4 is 4.74 Å². The fraction of sp³-hybridized carbons (Fsp3) is 0.438. The first-order valence-corrected chi connectivity index (χ1v) is 10.0. The summed E-state index contributed by atoms with van der Waals surface area (Å²) in [4.78, 5) is 18.3. The second kappa shape index (κ2) is 7.04. The lowest BCUT2D eigenvalue weighted by molar-refractivity contribution is 0.0705. The minimum Gasteiger partial charge on any atom is -0.481 e. The van der Waals surface area contributed by atoms with Crippen molar-refractivity contribution < 1.29 is 23.1 Å². The molecular weight excluding hydrogens is 360 g/mol. The van der Waals surface area contributed by atoms with Crippen LogP contribution in [0, 0.1) is 0 Å². The van der Waals surface area contributed by atoms with Crippen molar-refractivity contribution in [3.63, 3.8) is 0 Å². The number of hydrogen-bond acceptors (Lipinski definition) is 7. The molecule has 0 radical (unpaired) electrons. The van der Waals surface area contributed by atoms with Crippen LogP contribution in [0.1, 0.15) is 27.8 Å². The van der Waals surface area contributed by atoms with Gasteiger partial charge in [-0.05, 0) is 12.1 Å². The molecule has 9 nitrogen and oxygen atoms in total. The van der Waals surface area contributed by atoms with Crippen LogP contribution in [-0.2, 0) is 22.9 Å². The molecule has 0 aromatic carbocycles. The van der Waals surface area contributed by atoms with E-state index >= 15 is 0 Å². The zero-order valence-electron chi connectivity index (χ0n) is 14.5. The molecular formula is C16H20N4O5S. The maximum absolute atomic E-state index is 12.6. The summed E-state index contributed by atoms with van der Waals surface area (Å²) in [5.74, 6) is -0.113. The third kappa shape index (κ3) is 4.02. The Bertz CT molecular complexity index is 907. The van der Waals surface area contributed by atoms with E-state index in [4.69, 9.17) is 4.74 Å². The van der Waals surface area contributed by atoms with Crippen LogP contribution in [0.25, 0.3) is 0 Å². The van der Waals surface area contributed by atoms with Crippen LogP contribution >= 0.6 is 0 Å². The lowest BCUT2D eigenvalue weighted by Crippen LogP contribution is -2.38. The van der Waals surface area contributed by atoms with Crippen molar-refractivity contribution in [2.24, 2.45) is 0 Å². The van der Waals surface area contributed by atoms with E-state index in [9.17, 15) is 18.3 Å². The molecule has 2 aromatic rings. The molecule has 1 aliphatic heterocycles. The Hall–Kier alpha value is -2.46. The SMILES string of the molecule is COc1ccc(C(=O)N2CCn3nc([C@H](O)CS(C)(=O)=O)cc3C2)cn1. The summed E-state index contributed by atoms with van der Waals surface area (Å²) in [6.45, 7) is 1.25. The highest BCUT2D eigenvalue weighted by atomic mass is 32.2. The number of ether oxygens (including phenoxy) is 1. The van der Waals surface area contributed by atoms with Crippen molar-refractivity contribution in [1.29, 1.82) is 0 Å². The van der Waals surface area contributed by atoms with Crippen LogP contribution in [0.3, 0.4) is 0 Å². The molecule has 1 N–H and O–H groups in total. The van der Waals surface area contributed by atoms with E-state index in [0.29, 0.717) is 36.8 Å². The normalized spacial score (nSPS) is 15.4. The van der Waals surface area contributed by atoms with E-state index in [-0.39, 0.29) is 11.7 Å². The second-order valence-electron chi connectivity index (χ2n) is 6.21. The summed E-state index contributed by atoms with van der Waals surface area (Å²) >= 11 is 0. The fourth-order valence-electron chi connectivity index (χ4n) is 2.81. The van der Waals surface area contributed by atoms with Gasteiger partial charge in [-0.1, -0.05) is 0 Å². The molecule has 3 rings (SSSR count). The number of carbonyl (C=O) groups is 1. The largest absolute Gasteiger partial charge is 0.481 e. The molecule has 0 saturated heterocycles. The molecule has 140 valence electrons. The number of nitrogens with zero attached hydrogens (tertiary/aromatic N) is 4. The molecule has 3 heterocycles. The summed E-state index contributed by atoms with van der Waals surface area (Å²) in [5.41, 5.74) is 1.50. The second-order valence-corrected chi connectivity index (χ2v) is 8.39. The van der Waals surface area contributed by atoms with Gasteiger partial charge in [0.25, 0.3) is 5.91 Å². The molecule has 1 atom stereocenters. The van der Waals surface area contributed by atoms with Gasteiger partial charge in [0.2, 0.25) is 5.88 Å². The van der Waals surface area contributed by atoms with Gasteiger partial charge in [0.1, 0.15) is 15.9 Å². The van der Waals surface area contributed by atoms with Crippen molar-refractivity contribution in [3.05, 3.63) is 41.3 Å². The predicted molar refractivity (Wildman–Crippen MR) is 92.4 cm³/mol. The topological polar surface area (TPSA) is 115 Å². The number of fused-ring (bicyclic) bond motifs is 1. The molecule has 0 spiro atoms. The first-order chi connectivity index (χ1) is 12.3. The van der Waals surface area contributed by atoms with E-state index in [0.717, 1.165) is 11.9 Å². The van der Waals surface area contributed by atoms with Gasteiger partial charge in [0.15, 0.2) is 0 Å². The van der Waals surface area contributed by atoms with Crippen molar-refractivity contribution in [2.75, 3.05) is 25.7 Å². The Balaban J connectivity index is 1.73. The van der Waals surface area contributed by atoms with Gasteiger partial charge < -0.3 is 14.7 Å². The van der Waals surface area contributed by atoms with Crippen LogP contribution in [0.2, 0.25) is 0 Å². The average molecular weight is 380 g/mol. The molecule has 2 aromatic heterocycles. The number of aliphatic hydroxyl groups is 1. The number of hydrogen-bond donors (Lipinski definition) is 1. The summed E-state index contributed by atoms with van der Waals surface area (Å²) in [5, 5.41) is 14.3. The molecule has 1 amide bonds. The number of methoxy groups -OCH3 is 1. The molecule has 0 unspecified atom stereocenters. The number of rotatable bonds is 5. The van der Waals surface area contributed by atoms with Gasteiger partial charge in [0, 0.05) is 25.1 Å². The van der Waals surface area contributed by atoms with E-state index in [2.05, 4.69) is 10.1 Å². The first-order valence-electron chi connectivity index (χ1n) is 7.98. The summed E-state index contributed by atoms with van der Waals surface area (Å²) in [6.07, 6.45) is 1.35. The van der Waals surface area contributed by atoms with Crippen LogP contribution in [0.15, 0.2) is 24.4 Å². The molecule has 0 aliphatic carbocycles. The van der Waals surface area contributed by atoms with Crippen LogP contribution in [-0.4, -0.2) is 64.8 Å². The zero-order valence-corrected chi connectivity index (χ0v) is 15.3. The monoisotopic (exact) mass is 380 g/mol. The quantitative estimate of drug-likeness (QED) is 0.778. The van der Waals surface area contributed by atoms with Crippen LogP contribution in [0.4, 0.5) is 0 Å². The lowest BCUT2D eigenvalue weighted by Gasteiger charge is -2.27. The molecule has 10 heteroatoms. The maximum atomic E-state index is 12.6. The van der Waals surface area contributed by atoms with Gasteiger partial charge in [-0.25, -0.2) is 13.4 Å². The van der Waals surface area contributed by atoms with E-state index in [1.165, 1.54) is 13.3 Å². The summed E-state index contributed by atoms with van der Waals surface area (Å²) in [6, 6.07) is 4.92. The minimum absolute atomic E-state index is 0.161. The third-order valence-corrected chi connectivity index (χ3v) is 5.02. The smallest absolute Gasteiger partial charge is 0.255 e. The Kier molecular flexibility index (Phi) is 4.97. The highest BCUT2D eigenvalue weighted by molar-refractivity contribution is 7.90. The van der Waals surface area contributed by atoms with E-state index in [1.54, 1.807) is 27.8 Å². The molecule has 0 fully saturated rings. The average Bonchev–Trinajstić information content (AvgIpc) is 3.03. The fourth-order valence-corrected chi connectivity index (χ4v) is 3.55. The predicted octanol–water partition coefficient (Wildman–Crippen LogP) is 0.0207. The standard InChI is InChI=1S/C16H20N4O5S/c1-25-15-4-3-11(8-17-15)16(22)19-5-6-20-12(9-19)7-13(18-20)14(21)10-26(2,23)24/h3-4,7-8,14,21H,5-6,9-10H2,1-2H3/t14-/m1/s1. The van der Waals surface area contributed by atoms with Gasteiger partial charge in [-0.2, -0.15) is 5.10 Å². The third-order valence-electron chi connectivity index (χ3n) is 4.10. The highest BCUT2D eigenvalue weighted by Gasteiger charge is 2.26. The number of sulfone groups is 1. The van der Waals surface area contributed by atoms with E-state index in [1.807, 2.05) is 0 Å². The highest BCUT2D eigenvalue weighted by Crippen LogP contribution is 2.21. The van der Waals surface area contributed by atoms with Gasteiger partial charge in [-0.15, -0.1) is 0 Å². The molecule has 1 aliphatic rings. The number of amides is 1. The Labute approximate surface area is 151 Å². The Morgan fingerprint density at radius 1 is 1.38 bits per heavy atom. The van der Waals surface area contributed by atoms with Crippen LogP contribution in [0.5, 0.6) is 5.88 Å². The van der Waals surface area contributed by atoms with Crippen molar-refractivity contribution in [1.82, 2.24) is 19.7 Å². The number of carbonyl (C=O) groups excluding carboxylic acids is 1. The lowest BCUT2D eigenvalue weighted by atomic mass is 10.2. The van der Waals surface area contributed by atoms with Gasteiger partial charge in [0.05, 0.1) is 42.9 Å². The van der Waals surface area contributed by atoms with Gasteiger partial charge >= 0.3 is 0 Å². The maximum Gasteiger partial charge on any atom is 0.255 e. The van der Waals surface area contributed by atoms with Crippen molar-refractivity contribution >= 4 is 15.7 Å². The molecule has 26 heavy (non-hydrogen) atoms. The van der Waals surface area contributed by atoms with Crippen molar-refractivity contribution in [2.45, 2.75) is 19.2 Å². The Morgan fingerprint density at radius 2 is 2.15 bits per heavy atom. The van der Waals surface area contributed by atoms with Gasteiger partial charge in [-0.3, -0.25) is 9.48 Å². The number of pyridine rings is 1. The molecule has 0 bridgehead atoms. The van der Waals surface area contributed by atoms with Crippen molar-refractivity contribution in [3.8, 4) is 5.88 Å². The van der Waals surface area contributed by atoms with E-state index < -0.39 is 15.9 Å². The first kappa shape index (κ1) is 18.3. The number of aromatic nitrogens is 3.